The zero-order chi connectivity index (χ0) is 33.8. The van der Waals surface area contributed by atoms with Gasteiger partial charge in [-0.2, -0.15) is 0 Å². The van der Waals surface area contributed by atoms with Gasteiger partial charge in [0.1, 0.15) is 0 Å². The second-order valence-corrected chi connectivity index (χ2v) is 14.6. The van der Waals surface area contributed by atoms with Gasteiger partial charge in [-0.25, -0.2) is 0 Å². The molecule has 0 saturated carbocycles. The summed E-state index contributed by atoms with van der Waals surface area (Å²) < 4.78 is 5.72. The lowest BCUT2D eigenvalue weighted by Gasteiger charge is -2.29. The first-order valence-electron chi connectivity index (χ1n) is 21.0. The Balaban J connectivity index is 4.30. The SMILES string of the molecule is CCCCCCCCCCN(C=O)C(CCCCCCCCC)CCCCCCCCC(=O)OCC(CCCC)CCCCCC. The lowest BCUT2D eigenvalue weighted by molar-refractivity contribution is -0.145. The number of rotatable bonds is 38. The highest BCUT2D eigenvalue weighted by Gasteiger charge is 2.16. The smallest absolute Gasteiger partial charge is 0.305 e. The van der Waals surface area contributed by atoms with Gasteiger partial charge in [0.25, 0.3) is 0 Å². The Bertz CT molecular complexity index is 624. The zero-order valence-corrected chi connectivity index (χ0v) is 31.9. The number of ether oxygens (including phenoxy) is 1. The minimum Gasteiger partial charge on any atom is -0.465 e. The Morgan fingerprint density at radius 2 is 0.891 bits per heavy atom. The molecule has 0 rings (SSSR count). The Morgan fingerprint density at radius 1 is 0.500 bits per heavy atom. The van der Waals surface area contributed by atoms with Crippen LogP contribution < -0.4 is 0 Å². The van der Waals surface area contributed by atoms with Crippen LogP contribution in [0.2, 0.25) is 0 Å². The fourth-order valence-electron chi connectivity index (χ4n) is 6.87. The third-order valence-electron chi connectivity index (χ3n) is 10.1. The number of nitrogens with zero attached hydrogens (tertiary/aromatic N) is 1. The first-order valence-corrected chi connectivity index (χ1v) is 21.0. The van der Waals surface area contributed by atoms with Crippen LogP contribution in [0.4, 0.5) is 0 Å². The van der Waals surface area contributed by atoms with Gasteiger partial charge >= 0.3 is 5.97 Å². The van der Waals surface area contributed by atoms with E-state index in [9.17, 15) is 9.59 Å². The van der Waals surface area contributed by atoms with E-state index in [2.05, 4.69) is 32.6 Å². The highest BCUT2D eigenvalue weighted by atomic mass is 16.5. The third kappa shape index (κ3) is 30.3. The number of hydrogen-bond acceptors (Lipinski definition) is 3. The van der Waals surface area contributed by atoms with Crippen LogP contribution in [-0.2, 0) is 14.3 Å². The van der Waals surface area contributed by atoms with E-state index in [1.54, 1.807) is 0 Å². The summed E-state index contributed by atoms with van der Waals surface area (Å²) in [7, 11) is 0. The molecule has 0 saturated heterocycles. The Morgan fingerprint density at radius 3 is 1.39 bits per heavy atom. The number of unbranched alkanes of at least 4 members (excludes halogenated alkanes) is 22. The Hall–Kier alpha value is -1.06. The molecule has 0 aliphatic rings. The van der Waals surface area contributed by atoms with Crippen LogP contribution in [0.25, 0.3) is 0 Å². The number of esters is 1. The highest BCUT2D eigenvalue weighted by molar-refractivity contribution is 5.69. The van der Waals surface area contributed by atoms with Gasteiger partial charge in [0.2, 0.25) is 6.41 Å². The summed E-state index contributed by atoms with van der Waals surface area (Å²) >= 11 is 0. The lowest BCUT2D eigenvalue weighted by atomic mass is 9.96. The summed E-state index contributed by atoms with van der Waals surface area (Å²) in [5.41, 5.74) is 0. The maximum Gasteiger partial charge on any atom is 0.305 e. The van der Waals surface area contributed by atoms with E-state index in [0.29, 0.717) is 25.0 Å². The molecule has 0 N–H and O–H groups in total. The van der Waals surface area contributed by atoms with Crippen molar-refractivity contribution in [3.8, 4) is 0 Å². The molecule has 2 atom stereocenters. The van der Waals surface area contributed by atoms with Gasteiger partial charge in [-0.1, -0.05) is 188 Å². The molecule has 4 nitrogen and oxygen atoms in total. The zero-order valence-electron chi connectivity index (χ0n) is 31.9. The molecular weight excluding hydrogens is 566 g/mol. The molecule has 0 aromatic heterocycles. The summed E-state index contributed by atoms with van der Waals surface area (Å²) in [5, 5.41) is 0. The van der Waals surface area contributed by atoms with Crippen molar-refractivity contribution in [2.75, 3.05) is 13.2 Å². The van der Waals surface area contributed by atoms with Gasteiger partial charge < -0.3 is 9.64 Å². The molecule has 0 aromatic rings. The van der Waals surface area contributed by atoms with Crippen molar-refractivity contribution in [2.45, 2.75) is 239 Å². The van der Waals surface area contributed by atoms with Crippen LogP contribution in [0.3, 0.4) is 0 Å². The molecule has 0 aliphatic heterocycles. The number of carbonyl (C=O) groups excluding carboxylic acids is 2. The summed E-state index contributed by atoms with van der Waals surface area (Å²) in [5.74, 6) is 0.555. The average Bonchev–Trinajstić information content (AvgIpc) is 3.06. The molecule has 0 fully saturated rings. The van der Waals surface area contributed by atoms with Crippen LogP contribution in [0, 0.1) is 5.92 Å². The molecule has 0 spiro atoms. The van der Waals surface area contributed by atoms with Crippen LogP contribution in [0.15, 0.2) is 0 Å². The molecule has 0 bridgehead atoms. The summed E-state index contributed by atoms with van der Waals surface area (Å²) in [6, 6.07) is 0.417. The molecule has 2 unspecified atom stereocenters. The van der Waals surface area contributed by atoms with E-state index in [4.69, 9.17) is 4.74 Å². The normalized spacial score (nSPS) is 12.7. The maximum absolute atomic E-state index is 12.4. The number of carbonyl (C=O) groups is 2. The second-order valence-electron chi connectivity index (χ2n) is 14.6. The van der Waals surface area contributed by atoms with Crippen molar-refractivity contribution in [3.63, 3.8) is 0 Å². The van der Waals surface area contributed by atoms with Crippen LogP contribution in [0.1, 0.15) is 233 Å². The van der Waals surface area contributed by atoms with Gasteiger partial charge in [-0.3, -0.25) is 9.59 Å². The number of amides is 1. The fraction of sp³-hybridized carbons (Fsp3) is 0.952. The molecule has 274 valence electrons. The van der Waals surface area contributed by atoms with Crippen molar-refractivity contribution < 1.29 is 14.3 Å². The fourth-order valence-corrected chi connectivity index (χ4v) is 6.87. The Kier molecular flexibility index (Phi) is 35.9. The van der Waals surface area contributed by atoms with Gasteiger partial charge in [-0.15, -0.1) is 0 Å². The summed E-state index contributed by atoms with van der Waals surface area (Å²) in [6.45, 7) is 10.6. The van der Waals surface area contributed by atoms with E-state index < -0.39 is 0 Å². The summed E-state index contributed by atoms with van der Waals surface area (Å²) in [6.07, 6.45) is 40.8. The van der Waals surface area contributed by atoms with E-state index in [1.807, 2.05) is 0 Å². The van der Waals surface area contributed by atoms with Gasteiger partial charge in [0.05, 0.1) is 6.61 Å². The van der Waals surface area contributed by atoms with Crippen molar-refractivity contribution in [3.05, 3.63) is 0 Å². The van der Waals surface area contributed by atoms with Gasteiger partial charge in [-0.05, 0) is 44.4 Å². The van der Waals surface area contributed by atoms with Crippen LogP contribution in [-0.4, -0.2) is 36.5 Å². The molecule has 0 radical (unpaired) electrons. The first kappa shape index (κ1) is 44.9. The van der Waals surface area contributed by atoms with Crippen LogP contribution in [0.5, 0.6) is 0 Å². The monoisotopic (exact) mass is 650 g/mol. The van der Waals surface area contributed by atoms with Gasteiger partial charge in [0, 0.05) is 19.0 Å². The van der Waals surface area contributed by atoms with Crippen molar-refractivity contribution in [2.24, 2.45) is 5.92 Å². The molecule has 1 amide bonds. The quantitative estimate of drug-likeness (QED) is 0.0380. The summed E-state index contributed by atoms with van der Waals surface area (Å²) in [4.78, 5) is 26.7. The van der Waals surface area contributed by atoms with E-state index in [0.717, 1.165) is 38.6 Å². The first-order chi connectivity index (χ1) is 22.6. The topological polar surface area (TPSA) is 46.6 Å². The molecule has 46 heavy (non-hydrogen) atoms. The molecular formula is C42H83NO3. The van der Waals surface area contributed by atoms with E-state index in [-0.39, 0.29) is 5.97 Å². The predicted molar refractivity (Wildman–Crippen MR) is 201 cm³/mol. The third-order valence-corrected chi connectivity index (χ3v) is 10.1. The average molecular weight is 650 g/mol. The molecule has 0 aromatic carbocycles. The van der Waals surface area contributed by atoms with Crippen LogP contribution >= 0.6 is 0 Å². The standard InChI is InChI=1S/C42H83NO3/c1-5-9-13-16-18-22-26-31-37-43(39-44)41(34-28-23-19-17-14-10-6-2)35-29-24-20-21-25-30-36-42(45)46-38-40(32-12-8-4)33-27-15-11-7-3/h39-41H,5-38H2,1-4H3. The molecule has 0 heterocycles. The van der Waals surface area contributed by atoms with Gasteiger partial charge in [0.15, 0.2) is 0 Å². The molecule has 0 aliphatic carbocycles. The highest BCUT2D eigenvalue weighted by Crippen LogP contribution is 2.21. The number of hydrogen-bond donors (Lipinski definition) is 0. The second kappa shape index (κ2) is 36.8. The predicted octanol–water partition coefficient (Wildman–Crippen LogP) is 13.5. The molecule has 4 heteroatoms. The largest absolute Gasteiger partial charge is 0.465 e. The van der Waals surface area contributed by atoms with E-state index >= 15 is 0 Å². The van der Waals surface area contributed by atoms with Crippen molar-refractivity contribution in [1.29, 1.82) is 0 Å². The minimum absolute atomic E-state index is 0.00806. The maximum atomic E-state index is 12.4. The van der Waals surface area contributed by atoms with E-state index in [1.165, 1.54) is 173 Å². The van der Waals surface area contributed by atoms with Crippen molar-refractivity contribution >= 4 is 12.4 Å². The van der Waals surface area contributed by atoms with Crippen molar-refractivity contribution in [1.82, 2.24) is 4.90 Å². The Labute approximate surface area is 289 Å². The minimum atomic E-state index is 0.00806. The lowest BCUT2D eigenvalue weighted by Crippen LogP contribution is -2.35.